The van der Waals surface area contributed by atoms with E-state index in [-0.39, 0.29) is 11.7 Å². The fourth-order valence-electron chi connectivity index (χ4n) is 3.18. The van der Waals surface area contributed by atoms with Crippen LogP contribution in [0.25, 0.3) is 11.0 Å². The maximum absolute atomic E-state index is 12.0. The minimum atomic E-state index is -0.361. The highest BCUT2D eigenvalue weighted by Gasteiger charge is 2.16. The van der Waals surface area contributed by atoms with Crippen molar-refractivity contribution in [1.29, 1.82) is 0 Å². The average molecular weight is 377 g/mol. The number of methoxy groups -OCH3 is 1. The van der Waals surface area contributed by atoms with Crippen LogP contribution in [0.4, 0.5) is 0 Å². The van der Waals surface area contributed by atoms with Crippen molar-refractivity contribution in [2.75, 3.05) is 7.11 Å². The van der Waals surface area contributed by atoms with Crippen LogP contribution in [-0.4, -0.2) is 7.11 Å². The topological polar surface area (TPSA) is 51.5 Å². The van der Waals surface area contributed by atoms with Crippen molar-refractivity contribution in [3.63, 3.8) is 0 Å². The summed E-state index contributed by atoms with van der Waals surface area (Å²) in [4.78, 5) is 13.2. The van der Waals surface area contributed by atoms with Gasteiger partial charge in [-0.2, -0.15) is 0 Å². The lowest BCUT2D eigenvalue weighted by molar-refractivity contribution is 0.414. The molecule has 0 saturated carbocycles. The van der Waals surface area contributed by atoms with Crippen LogP contribution in [0.1, 0.15) is 22.0 Å². The smallest absolute Gasteiger partial charge is 0.336 e. The van der Waals surface area contributed by atoms with Gasteiger partial charge < -0.3 is 14.5 Å². The monoisotopic (exact) mass is 377 g/mol. The highest BCUT2D eigenvalue weighted by Crippen LogP contribution is 2.27. The number of benzene rings is 2. The summed E-state index contributed by atoms with van der Waals surface area (Å²) < 4.78 is 10.6. The zero-order valence-corrected chi connectivity index (χ0v) is 15.7. The lowest BCUT2D eigenvalue weighted by Gasteiger charge is -2.18. The van der Waals surface area contributed by atoms with E-state index in [1.165, 1.54) is 10.4 Å². The van der Waals surface area contributed by atoms with Crippen molar-refractivity contribution in [3.05, 3.63) is 98.5 Å². The summed E-state index contributed by atoms with van der Waals surface area (Å²) in [5, 5.41) is 6.58. The number of hydrogen-bond donors (Lipinski definition) is 1. The van der Waals surface area contributed by atoms with Crippen molar-refractivity contribution in [2.45, 2.75) is 12.6 Å². The Morgan fingerprint density at radius 3 is 2.67 bits per heavy atom. The van der Waals surface area contributed by atoms with E-state index in [1.807, 2.05) is 30.3 Å². The molecule has 1 N–H and O–H groups in total. The molecule has 27 heavy (non-hydrogen) atoms. The van der Waals surface area contributed by atoms with Gasteiger partial charge in [-0.25, -0.2) is 4.79 Å². The number of thiophene rings is 1. The van der Waals surface area contributed by atoms with E-state index in [0.29, 0.717) is 17.9 Å². The normalized spacial score (nSPS) is 12.2. The van der Waals surface area contributed by atoms with E-state index in [9.17, 15) is 4.79 Å². The minimum Gasteiger partial charge on any atom is -0.497 e. The quantitative estimate of drug-likeness (QED) is 0.493. The van der Waals surface area contributed by atoms with Crippen LogP contribution in [0.15, 0.2) is 81.3 Å². The third-order valence-electron chi connectivity index (χ3n) is 4.49. The van der Waals surface area contributed by atoms with Gasteiger partial charge in [0.05, 0.1) is 13.2 Å². The summed E-state index contributed by atoms with van der Waals surface area (Å²) in [7, 11) is 1.59. The van der Waals surface area contributed by atoms with Gasteiger partial charge in [0.2, 0.25) is 0 Å². The Hall–Kier alpha value is -2.89. The van der Waals surface area contributed by atoms with E-state index in [0.717, 1.165) is 10.9 Å². The Morgan fingerprint density at radius 1 is 1.07 bits per heavy atom. The molecule has 0 fully saturated rings. The Balaban J connectivity index is 1.68. The van der Waals surface area contributed by atoms with Crippen molar-refractivity contribution in [1.82, 2.24) is 5.32 Å². The highest BCUT2D eigenvalue weighted by molar-refractivity contribution is 7.10. The molecule has 4 aromatic rings. The van der Waals surface area contributed by atoms with E-state index >= 15 is 0 Å². The lowest BCUT2D eigenvalue weighted by atomic mass is 10.0. The van der Waals surface area contributed by atoms with Crippen LogP contribution in [-0.2, 0) is 6.54 Å². The molecule has 0 unspecified atom stereocenters. The second-order valence-corrected chi connectivity index (χ2v) is 7.17. The summed E-state index contributed by atoms with van der Waals surface area (Å²) >= 11 is 1.71. The summed E-state index contributed by atoms with van der Waals surface area (Å²) in [5.41, 5.74) is 2.27. The van der Waals surface area contributed by atoms with Crippen LogP contribution in [0, 0.1) is 0 Å². The molecule has 4 rings (SSSR count). The Bertz CT molecular complexity index is 1090. The molecule has 1 atom stereocenters. The first kappa shape index (κ1) is 17.5. The van der Waals surface area contributed by atoms with Crippen molar-refractivity contribution >= 4 is 22.3 Å². The maximum Gasteiger partial charge on any atom is 0.336 e. The molecule has 0 amide bonds. The SMILES string of the molecule is COc1ccc2c(CN[C@H](c3ccccc3)c3cccs3)cc(=O)oc2c1. The molecule has 0 spiro atoms. The molecular formula is C22H19NO3S. The van der Waals surface area contributed by atoms with Gasteiger partial charge in [0, 0.05) is 28.9 Å². The standard InChI is InChI=1S/C22H19NO3S/c1-25-17-9-10-18-16(12-21(24)26-19(18)13-17)14-23-22(20-8-5-11-27-20)15-6-3-2-4-7-15/h2-13,22-23H,14H2,1H3/t22-/m1/s1. The van der Waals surface area contributed by atoms with Crippen molar-refractivity contribution < 1.29 is 9.15 Å². The summed E-state index contributed by atoms with van der Waals surface area (Å²) in [6.45, 7) is 0.548. The predicted octanol–water partition coefficient (Wildman–Crippen LogP) is 4.74. The largest absolute Gasteiger partial charge is 0.497 e. The summed E-state index contributed by atoms with van der Waals surface area (Å²) in [5.74, 6) is 0.663. The number of hydrogen-bond acceptors (Lipinski definition) is 5. The molecule has 136 valence electrons. The highest BCUT2D eigenvalue weighted by atomic mass is 32.1. The van der Waals surface area contributed by atoms with Gasteiger partial charge in [-0.05, 0) is 34.7 Å². The summed E-state index contributed by atoms with van der Waals surface area (Å²) in [6, 6.07) is 21.6. The zero-order chi connectivity index (χ0) is 18.6. The molecule has 4 nitrogen and oxygen atoms in total. The van der Waals surface area contributed by atoms with Crippen LogP contribution in [0.2, 0.25) is 0 Å². The summed E-state index contributed by atoms with van der Waals surface area (Å²) in [6.07, 6.45) is 0. The third kappa shape index (κ3) is 3.79. The first-order valence-electron chi connectivity index (χ1n) is 8.67. The third-order valence-corrected chi connectivity index (χ3v) is 5.43. The van der Waals surface area contributed by atoms with Gasteiger partial charge in [0.15, 0.2) is 0 Å². The van der Waals surface area contributed by atoms with Gasteiger partial charge >= 0.3 is 5.63 Å². The Morgan fingerprint density at radius 2 is 1.93 bits per heavy atom. The van der Waals surface area contributed by atoms with Crippen LogP contribution < -0.4 is 15.7 Å². The molecule has 0 aliphatic rings. The van der Waals surface area contributed by atoms with Crippen molar-refractivity contribution in [3.8, 4) is 5.75 Å². The second-order valence-electron chi connectivity index (χ2n) is 6.19. The molecule has 2 aromatic carbocycles. The van der Waals surface area contributed by atoms with Crippen LogP contribution in [0.5, 0.6) is 5.75 Å². The van der Waals surface area contributed by atoms with Gasteiger partial charge in [-0.15, -0.1) is 11.3 Å². The van der Waals surface area contributed by atoms with Gasteiger partial charge in [0.25, 0.3) is 0 Å². The molecule has 5 heteroatoms. The maximum atomic E-state index is 12.0. The molecular weight excluding hydrogens is 358 g/mol. The first-order valence-corrected chi connectivity index (χ1v) is 9.55. The predicted molar refractivity (Wildman–Crippen MR) is 108 cm³/mol. The molecule has 2 heterocycles. The van der Waals surface area contributed by atoms with E-state index in [4.69, 9.17) is 9.15 Å². The number of nitrogens with one attached hydrogen (secondary N) is 1. The number of ether oxygens (including phenoxy) is 1. The molecule has 0 radical (unpaired) electrons. The van der Waals surface area contributed by atoms with E-state index in [1.54, 1.807) is 30.6 Å². The minimum absolute atomic E-state index is 0.0618. The Labute approximate surface area is 161 Å². The zero-order valence-electron chi connectivity index (χ0n) is 14.8. The molecule has 0 aliphatic carbocycles. The van der Waals surface area contributed by atoms with E-state index < -0.39 is 0 Å². The van der Waals surface area contributed by atoms with Gasteiger partial charge in [0.1, 0.15) is 11.3 Å². The van der Waals surface area contributed by atoms with Crippen molar-refractivity contribution in [2.24, 2.45) is 0 Å². The molecule has 0 aliphatic heterocycles. The van der Waals surface area contributed by atoms with Gasteiger partial charge in [-0.3, -0.25) is 0 Å². The van der Waals surface area contributed by atoms with E-state index in [2.05, 4.69) is 35.0 Å². The van der Waals surface area contributed by atoms with Crippen LogP contribution >= 0.6 is 11.3 Å². The lowest BCUT2D eigenvalue weighted by Crippen LogP contribution is -2.22. The number of rotatable bonds is 6. The Kier molecular flexibility index (Phi) is 5.05. The van der Waals surface area contributed by atoms with Crippen LogP contribution in [0.3, 0.4) is 0 Å². The average Bonchev–Trinajstić information content (AvgIpc) is 3.22. The molecule has 0 saturated heterocycles. The first-order chi connectivity index (χ1) is 13.2. The fraction of sp³-hybridized carbons (Fsp3) is 0.136. The molecule has 2 aromatic heterocycles. The fourth-order valence-corrected chi connectivity index (χ4v) is 4.01. The number of fused-ring (bicyclic) bond motifs is 1. The molecule has 0 bridgehead atoms. The van der Waals surface area contributed by atoms with Gasteiger partial charge in [-0.1, -0.05) is 36.4 Å². The second kappa shape index (κ2) is 7.78.